The molecule has 0 radical (unpaired) electrons. The standard InChI is InChI=1S/C13H14N4O2/c1-18-8-17-11-4-3-9(19-2)7-10(11)16-12-13(17)15-6-5-14-12/h3-7H,8H2,1-2H3,(H,14,16). The summed E-state index contributed by atoms with van der Waals surface area (Å²) >= 11 is 0. The Morgan fingerprint density at radius 2 is 2.05 bits per heavy atom. The van der Waals surface area contributed by atoms with Gasteiger partial charge in [-0.2, -0.15) is 0 Å². The van der Waals surface area contributed by atoms with Gasteiger partial charge in [-0.05, 0) is 12.1 Å². The summed E-state index contributed by atoms with van der Waals surface area (Å²) in [6.45, 7) is 0.409. The van der Waals surface area contributed by atoms with Crippen molar-refractivity contribution in [3.05, 3.63) is 30.6 Å². The van der Waals surface area contributed by atoms with Gasteiger partial charge in [-0.25, -0.2) is 9.97 Å². The molecule has 1 aliphatic heterocycles. The molecule has 0 fully saturated rings. The van der Waals surface area contributed by atoms with Crippen LogP contribution in [0.1, 0.15) is 0 Å². The zero-order valence-electron chi connectivity index (χ0n) is 10.8. The highest BCUT2D eigenvalue weighted by molar-refractivity contribution is 5.88. The monoisotopic (exact) mass is 258 g/mol. The number of nitrogens with zero attached hydrogens (tertiary/aromatic N) is 3. The van der Waals surface area contributed by atoms with Gasteiger partial charge in [0.1, 0.15) is 12.5 Å². The summed E-state index contributed by atoms with van der Waals surface area (Å²) in [4.78, 5) is 10.6. The van der Waals surface area contributed by atoms with E-state index in [1.54, 1.807) is 26.6 Å². The van der Waals surface area contributed by atoms with E-state index in [2.05, 4.69) is 15.3 Å². The summed E-state index contributed by atoms with van der Waals surface area (Å²) in [5, 5.41) is 3.25. The van der Waals surface area contributed by atoms with E-state index in [0.717, 1.165) is 22.9 Å². The van der Waals surface area contributed by atoms with Gasteiger partial charge in [-0.15, -0.1) is 0 Å². The molecule has 3 rings (SSSR count). The number of benzene rings is 1. The minimum Gasteiger partial charge on any atom is -0.497 e. The SMILES string of the molecule is COCN1c2ccc(OC)cc2Nc2nccnc21. The molecule has 2 heterocycles. The molecule has 0 aliphatic carbocycles. The van der Waals surface area contributed by atoms with Crippen LogP contribution in [0.25, 0.3) is 0 Å². The maximum absolute atomic E-state index is 5.25. The average molecular weight is 258 g/mol. The first-order valence-electron chi connectivity index (χ1n) is 5.86. The van der Waals surface area contributed by atoms with Crippen molar-refractivity contribution in [1.82, 2.24) is 9.97 Å². The number of anilines is 4. The Kier molecular flexibility index (Phi) is 2.92. The molecule has 1 aliphatic rings. The minimum atomic E-state index is 0.409. The first kappa shape index (κ1) is 11.7. The van der Waals surface area contributed by atoms with E-state index < -0.39 is 0 Å². The van der Waals surface area contributed by atoms with Crippen LogP contribution in [0.4, 0.5) is 23.0 Å². The van der Waals surface area contributed by atoms with Crippen LogP contribution in [-0.4, -0.2) is 30.9 Å². The molecule has 19 heavy (non-hydrogen) atoms. The maximum atomic E-state index is 5.25. The van der Waals surface area contributed by atoms with Crippen LogP contribution in [-0.2, 0) is 4.74 Å². The van der Waals surface area contributed by atoms with E-state index in [1.165, 1.54) is 0 Å². The van der Waals surface area contributed by atoms with Gasteiger partial charge in [0.05, 0.1) is 18.5 Å². The van der Waals surface area contributed by atoms with Crippen molar-refractivity contribution in [2.45, 2.75) is 0 Å². The molecule has 0 amide bonds. The third-order valence-corrected chi connectivity index (χ3v) is 2.94. The third-order valence-electron chi connectivity index (χ3n) is 2.94. The molecule has 6 nitrogen and oxygen atoms in total. The topological polar surface area (TPSA) is 59.5 Å². The smallest absolute Gasteiger partial charge is 0.178 e. The first-order chi connectivity index (χ1) is 9.33. The molecule has 98 valence electrons. The zero-order chi connectivity index (χ0) is 13.2. The van der Waals surface area contributed by atoms with Crippen molar-refractivity contribution in [1.29, 1.82) is 0 Å². The molecule has 1 aromatic heterocycles. The second kappa shape index (κ2) is 4.74. The average Bonchev–Trinajstić information content (AvgIpc) is 2.46. The summed E-state index contributed by atoms with van der Waals surface area (Å²) in [5.74, 6) is 2.25. The van der Waals surface area contributed by atoms with Gasteiger partial charge < -0.3 is 14.8 Å². The fraction of sp³-hybridized carbons (Fsp3) is 0.231. The fourth-order valence-corrected chi connectivity index (χ4v) is 2.10. The Bertz CT molecular complexity index is 603. The molecule has 6 heteroatoms. The highest BCUT2D eigenvalue weighted by Crippen LogP contribution is 2.42. The highest BCUT2D eigenvalue weighted by atomic mass is 16.5. The van der Waals surface area contributed by atoms with Crippen molar-refractivity contribution in [2.75, 3.05) is 31.2 Å². The maximum Gasteiger partial charge on any atom is 0.178 e. The van der Waals surface area contributed by atoms with E-state index in [1.807, 2.05) is 23.1 Å². The van der Waals surface area contributed by atoms with Crippen molar-refractivity contribution in [2.24, 2.45) is 0 Å². The predicted molar refractivity (Wildman–Crippen MR) is 72.3 cm³/mol. The van der Waals surface area contributed by atoms with Gasteiger partial charge in [0.15, 0.2) is 11.6 Å². The molecular formula is C13H14N4O2. The van der Waals surface area contributed by atoms with E-state index in [0.29, 0.717) is 12.5 Å². The lowest BCUT2D eigenvalue weighted by Gasteiger charge is -2.31. The van der Waals surface area contributed by atoms with Crippen LogP contribution < -0.4 is 15.0 Å². The predicted octanol–water partition coefficient (Wildman–Crippen LogP) is 2.28. The van der Waals surface area contributed by atoms with Gasteiger partial charge in [-0.1, -0.05) is 0 Å². The molecule has 1 N–H and O–H groups in total. The van der Waals surface area contributed by atoms with Crippen LogP contribution in [0.2, 0.25) is 0 Å². The van der Waals surface area contributed by atoms with Gasteiger partial charge in [0.25, 0.3) is 0 Å². The Morgan fingerprint density at radius 3 is 2.84 bits per heavy atom. The van der Waals surface area contributed by atoms with Gasteiger partial charge >= 0.3 is 0 Å². The number of hydrogen-bond donors (Lipinski definition) is 1. The Labute approximate surface area is 111 Å². The summed E-state index contributed by atoms with van der Waals surface area (Å²) in [6, 6.07) is 5.80. The third kappa shape index (κ3) is 1.96. The normalized spacial score (nSPS) is 12.4. The largest absolute Gasteiger partial charge is 0.497 e. The molecule has 0 bridgehead atoms. The molecule has 1 aromatic carbocycles. The first-order valence-corrected chi connectivity index (χ1v) is 5.86. The van der Waals surface area contributed by atoms with Crippen molar-refractivity contribution in [3.63, 3.8) is 0 Å². The molecule has 0 spiro atoms. The Hall–Kier alpha value is -2.34. The van der Waals surface area contributed by atoms with Gasteiger partial charge in [0, 0.05) is 25.6 Å². The molecule has 0 atom stereocenters. The number of nitrogens with one attached hydrogen (secondary N) is 1. The van der Waals surface area contributed by atoms with Crippen LogP contribution >= 0.6 is 0 Å². The van der Waals surface area contributed by atoms with Crippen LogP contribution in [0.15, 0.2) is 30.6 Å². The molecule has 2 aromatic rings. The lowest BCUT2D eigenvalue weighted by molar-refractivity contribution is 0.205. The Morgan fingerprint density at radius 1 is 1.21 bits per heavy atom. The zero-order valence-corrected chi connectivity index (χ0v) is 10.8. The van der Waals surface area contributed by atoms with Crippen LogP contribution in [0, 0.1) is 0 Å². The van der Waals surface area contributed by atoms with E-state index >= 15 is 0 Å². The van der Waals surface area contributed by atoms with Crippen molar-refractivity contribution < 1.29 is 9.47 Å². The van der Waals surface area contributed by atoms with Crippen molar-refractivity contribution >= 4 is 23.0 Å². The summed E-state index contributed by atoms with van der Waals surface area (Å²) in [7, 11) is 3.30. The number of ether oxygens (including phenoxy) is 2. The molecule has 0 saturated carbocycles. The number of hydrogen-bond acceptors (Lipinski definition) is 6. The summed E-state index contributed by atoms with van der Waals surface area (Å²) in [5.41, 5.74) is 1.90. The minimum absolute atomic E-state index is 0.409. The quantitative estimate of drug-likeness (QED) is 0.911. The van der Waals surface area contributed by atoms with E-state index in [9.17, 15) is 0 Å². The number of methoxy groups -OCH3 is 2. The summed E-state index contributed by atoms with van der Waals surface area (Å²) < 4.78 is 10.5. The molecule has 0 saturated heterocycles. The number of aromatic nitrogens is 2. The lowest BCUT2D eigenvalue weighted by Crippen LogP contribution is -2.26. The lowest BCUT2D eigenvalue weighted by atomic mass is 10.2. The van der Waals surface area contributed by atoms with Gasteiger partial charge in [0.2, 0.25) is 0 Å². The van der Waals surface area contributed by atoms with Crippen molar-refractivity contribution in [3.8, 4) is 5.75 Å². The molecule has 0 unspecified atom stereocenters. The Balaban J connectivity index is 2.10. The fourth-order valence-electron chi connectivity index (χ4n) is 2.10. The second-order valence-electron chi connectivity index (χ2n) is 4.08. The number of fused-ring (bicyclic) bond motifs is 2. The highest BCUT2D eigenvalue weighted by Gasteiger charge is 2.24. The van der Waals surface area contributed by atoms with Crippen LogP contribution in [0.5, 0.6) is 5.75 Å². The summed E-state index contributed by atoms with van der Waals surface area (Å²) in [6.07, 6.45) is 3.32. The number of rotatable bonds is 3. The van der Waals surface area contributed by atoms with E-state index in [4.69, 9.17) is 9.47 Å². The van der Waals surface area contributed by atoms with Gasteiger partial charge in [-0.3, -0.25) is 4.90 Å². The second-order valence-corrected chi connectivity index (χ2v) is 4.08. The van der Waals surface area contributed by atoms with E-state index in [-0.39, 0.29) is 0 Å². The van der Waals surface area contributed by atoms with Crippen LogP contribution in [0.3, 0.4) is 0 Å². The molecular weight excluding hydrogens is 244 g/mol.